The fourth-order valence-electron chi connectivity index (χ4n) is 5.62. The van der Waals surface area contributed by atoms with Crippen LogP contribution in [0.25, 0.3) is 0 Å². The highest BCUT2D eigenvalue weighted by molar-refractivity contribution is 6.03. The predicted molar refractivity (Wildman–Crippen MR) is 116 cm³/mol. The lowest BCUT2D eigenvalue weighted by Crippen LogP contribution is -2.62. The largest absolute Gasteiger partial charge is 0.488 e. The average molecular weight is 437 g/mol. The molecule has 0 fully saturated rings. The molecule has 0 saturated carbocycles. The number of Topliss-reactive ketones (excluding diaryl/α,β-unsaturated/α-hetero) is 1. The highest BCUT2D eigenvalue weighted by atomic mass is 16.5. The summed E-state index contributed by atoms with van der Waals surface area (Å²) in [6, 6.07) is 3.60. The molecule has 0 aromatic heterocycles. The number of carbonyl (C=O) groups excluding carboxylic acids is 2. The summed E-state index contributed by atoms with van der Waals surface area (Å²) in [6.07, 6.45) is 5.15. The Labute approximate surface area is 186 Å². The molecule has 5 rings (SSSR count). The van der Waals surface area contributed by atoms with Gasteiger partial charge in [-0.1, -0.05) is 30.7 Å². The fourth-order valence-corrected chi connectivity index (χ4v) is 5.62. The second-order valence-electron chi connectivity index (χ2n) is 9.70. The van der Waals surface area contributed by atoms with Crippen molar-refractivity contribution in [2.45, 2.75) is 45.9 Å². The van der Waals surface area contributed by atoms with Crippen molar-refractivity contribution in [3.8, 4) is 5.75 Å². The van der Waals surface area contributed by atoms with Gasteiger partial charge in [0, 0.05) is 11.5 Å². The van der Waals surface area contributed by atoms with Gasteiger partial charge in [-0.25, -0.2) is 0 Å². The average Bonchev–Trinajstić information content (AvgIpc) is 3.03. The van der Waals surface area contributed by atoms with Crippen LogP contribution in [0.3, 0.4) is 0 Å². The molecule has 1 aromatic rings. The molecule has 2 aliphatic carbocycles. The van der Waals surface area contributed by atoms with Crippen molar-refractivity contribution >= 4 is 11.7 Å². The molecule has 7 heteroatoms. The molecule has 1 spiro atoms. The Balaban J connectivity index is 1.79. The zero-order chi connectivity index (χ0) is 23.1. The van der Waals surface area contributed by atoms with E-state index in [9.17, 15) is 19.8 Å². The Morgan fingerprint density at radius 3 is 2.69 bits per heavy atom. The van der Waals surface area contributed by atoms with Crippen LogP contribution in [0.2, 0.25) is 0 Å². The maximum absolute atomic E-state index is 13.3. The zero-order valence-corrected chi connectivity index (χ0v) is 18.6. The first-order valence-electron chi connectivity index (χ1n) is 10.8. The third-order valence-electron chi connectivity index (χ3n) is 7.61. The number of carbonyl (C=O) groups is 2. The minimum absolute atomic E-state index is 0.00254. The van der Waals surface area contributed by atoms with Gasteiger partial charge in [0.25, 0.3) is 5.91 Å². The molecule has 2 heterocycles. The Hall–Kier alpha value is -2.90. The molecule has 0 saturated heterocycles. The first-order valence-corrected chi connectivity index (χ1v) is 10.8. The van der Waals surface area contributed by atoms with Crippen LogP contribution in [0.5, 0.6) is 5.75 Å². The van der Waals surface area contributed by atoms with Crippen molar-refractivity contribution in [2.75, 3.05) is 13.2 Å². The third-order valence-corrected chi connectivity index (χ3v) is 7.61. The molecule has 2 aliphatic heterocycles. The molecule has 168 valence electrons. The molecule has 3 unspecified atom stereocenters. The predicted octanol–water partition coefficient (Wildman–Crippen LogP) is 2.49. The molecular formula is C25H27NO6. The number of benzene rings is 1. The summed E-state index contributed by atoms with van der Waals surface area (Å²) < 4.78 is 12.5. The molecule has 32 heavy (non-hydrogen) atoms. The molecule has 4 aliphatic rings. The van der Waals surface area contributed by atoms with E-state index in [0.29, 0.717) is 23.3 Å². The smallest absolute Gasteiger partial charge is 0.254 e. The molecule has 1 aromatic carbocycles. The maximum Gasteiger partial charge on any atom is 0.254 e. The topological polar surface area (TPSA) is 105 Å². The van der Waals surface area contributed by atoms with E-state index < -0.39 is 22.7 Å². The van der Waals surface area contributed by atoms with Crippen molar-refractivity contribution in [1.82, 2.24) is 5.32 Å². The van der Waals surface area contributed by atoms with Crippen molar-refractivity contribution < 1.29 is 29.3 Å². The van der Waals surface area contributed by atoms with Crippen LogP contribution in [0, 0.1) is 10.8 Å². The number of hydrogen-bond acceptors (Lipinski definition) is 6. The van der Waals surface area contributed by atoms with Gasteiger partial charge in [0.1, 0.15) is 12.4 Å². The Kier molecular flexibility index (Phi) is 4.30. The van der Waals surface area contributed by atoms with Gasteiger partial charge >= 0.3 is 0 Å². The minimum atomic E-state index is -1.16. The maximum atomic E-state index is 13.3. The quantitative estimate of drug-likeness (QED) is 0.671. The fraction of sp³-hybridized carbons (Fsp3) is 0.440. The summed E-state index contributed by atoms with van der Waals surface area (Å²) in [6.45, 7) is 7.63. The summed E-state index contributed by atoms with van der Waals surface area (Å²) >= 11 is 0. The van der Waals surface area contributed by atoms with Crippen LogP contribution in [0.15, 0.2) is 47.3 Å². The number of fused-ring (bicyclic) bond motifs is 3. The van der Waals surface area contributed by atoms with Crippen LogP contribution in [-0.2, 0) is 16.0 Å². The normalized spacial score (nSPS) is 31.7. The standard InChI is InChI=1S/C25H27NO6/c1-13-5-8-17-23(2,3)20(28)16(31-10-9-27)12-25(17)24(13,4)11-14-6-7-15-18(19(14)32-25)22(30)26-21(15)29/h5-8,12,22,27,30H,9-11H2,1-4H3,(H,26,29). The van der Waals surface area contributed by atoms with Gasteiger partial charge in [-0.2, -0.15) is 0 Å². The van der Waals surface area contributed by atoms with Crippen LogP contribution in [0.4, 0.5) is 0 Å². The molecule has 0 radical (unpaired) electrons. The number of ketones is 1. The first-order chi connectivity index (χ1) is 15.1. The number of rotatable bonds is 3. The van der Waals surface area contributed by atoms with E-state index in [1.54, 1.807) is 12.1 Å². The summed E-state index contributed by atoms with van der Waals surface area (Å²) in [7, 11) is 0. The lowest BCUT2D eigenvalue weighted by Gasteiger charge is -2.58. The number of nitrogens with one attached hydrogen (secondary N) is 1. The van der Waals surface area contributed by atoms with E-state index in [1.807, 2.05) is 39.0 Å². The third kappa shape index (κ3) is 2.43. The number of ether oxygens (including phenoxy) is 2. The van der Waals surface area contributed by atoms with E-state index in [2.05, 4.69) is 12.2 Å². The van der Waals surface area contributed by atoms with Gasteiger partial charge in [0.2, 0.25) is 5.78 Å². The minimum Gasteiger partial charge on any atom is -0.488 e. The molecule has 7 nitrogen and oxygen atoms in total. The number of aliphatic hydroxyl groups excluding tert-OH is 2. The molecule has 1 amide bonds. The highest BCUT2D eigenvalue weighted by Crippen LogP contribution is 2.62. The summed E-state index contributed by atoms with van der Waals surface area (Å²) in [5.41, 5.74) is 1.09. The van der Waals surface area contributed by atoms with E-state index in [-0.39, 0.29) is 30.7 Å². The van der Waals surface area contributed by atoms with Crippen LogP contribution in [0.1, 0.15) is 55.4 Å². The van der Waals surface area contributed by atoms with Crippen molar-refractivity contribution in [1.29, 1.82) is 0 Å². The van der Waals surface area contributed by atoms with Crippen molar-refractivity contribution in [3.63, 3.8) is 0 Å². The second kappa shape index (κ2) is 6.56. The second-order valence-corrected chi connectivity index (χ2v) is 9.70. The van der Waals surface area contributed by atoms with Crippen molar-refractivity contribution in [2.24, 2.45) is 10.8 Å². The number of hydrogen-bond donors (Lipinski definition) is 3. The summed E-state index contributed by atoms with van der Waals surface area (Å²) in [4.78, 5) is 25.6. The van der Waals surface area contributed by atoms with Gasteiger partial charge in [0.05, 0.1) is 23.1 Å². The van der Waals surface area contributed by atoms with Gasteiger partial charge in [-0.05, 0) is 44.4 Å². The molecule has 0 bridgehead atoms. The number of amides is 1. The van der Waals surface area contributed by atoms with E-state index in [1.165, 1.54) is 0 Å². The molecular weight excluding hydrogens is 410 g/mol. The van der Waals surface area contributed by atoms with Crippen LogP contribution >= 0.6 is 0 Å². The molecule has 3 N–H and O–H groups in total. The highest BCUT2D eigenvalue weighted by Gasteiger charge is 2.64. The Bertz CT molecular complexity index is 1160. The SMILES string of the molecule is CC1=CC=C2C(C)(C)C(=O)C(OCCO)=CC23Oc2c(ccc4c2C(O)NC4=O)CC13C. The Morgan fingerprint density at radius 2 is 1.97 bits per heavy atom. The number of aliphatic hydroxyl groups is 2. The lowest BCUT2D eigenvalue weighted by atomic mass is 9.52. The van der Waals surface area contributed by atoms with Crippen LogP contribution < -0.4 is 10.1 Å². The molecule has 3 atom stereocenters. The first kappa shape index (κ1) is 21.0. The summed E-state index contributed by atoms with van der Waals surface area (Å²) in [5.74, 6) is 0.104. The Morgan fingerprint density at radius 1 is 1.22 bits per heavy atom. The van der Waals surface area contributed by atoms with Gasteiger partial charge in [-0.3, -0.25) is 9.59 Å². The van der Waals surface area contributed by atoms with E-state index >= 15 is 0 Å². The summed E-state index contributed by atoms with van der Waals surface area (Å²) in [5, 5.41) is 22.4. The van der Waals surface area contributed by atoms with Gasteiger partial charge in [0.15, 0.2) is 17.6 Å². The lowest BCUT2D eigenvalue weighted by molar-refractivity contribution is -0.129. The van der Waals surface area contributed by atoms with Crippen molar-refractivity contribution in [3.05, 3.63) is 64.0 Å². The van der Waals surface area contributed by atoms with E-state index in [0.717, 1.165) is 16.7 Å². The van der Waals surface area contributed by atoms with Gasteiger partial charge in [-0.15, -0.1) is 0 Å². The van der Waals surface area contributed by atoms with E-state index in [4.69, 9.17) is 9.47 Å². The monoisotopic (exact) mass is 437 g/mol. The van der Waals surface area contributed by atoms with Crippen LogP contribution in [-0.4, -0.2) is 40.7 Å². The zero-order valence-electron chi connectivity index (χ0n) is 18.6. The van der Waals surface area contributed by atoms with Gasteiger partial charge < -0.3 is 25.0 Å². The number of allylic oxidation sites excluding steroid dienone is 3.